The Labute approximate surface area is 104 Å². The van der Waals surface area contributed by atoms with E-state index < -0.39 is 17.4 Å². The third-order valence-corrected chi connectivity index (χ3v) is 2.63. The highest BCUT2D eigenvalue weighted by atomic mass is 16.5. The molecule has 0 saturated carbocycles. The van der Waals surface area contributed by atoms with Gasteiger partial charge in [0, 0.05) is 6.54 Å². The molecular formula is C11H17N3O4. The van der Waals surface area contributed by atoms with Gasteiger partial charge in [0.25, 0.3) is 5.56 Å². The van der Waals surface area contributed by atoms with Crippen LogP contribution in [0.4, 0.5) is 5.82 Å². The van der Waals surface area contributed by atoms with Crippen molar-refractivity contribution < 1.29 is 14.6 Å². The van der Waals surface area contributed by atoms with E-state index >= 15 is 0 Å². The summed E-state index contributed by atoms with van der Waals surface area (Å²) >= 11 is 0. The molecule has 0 aliphatic heterocycles. The molecule has 1 unspecified atom stereocenters. The van der Waals surface area contributed by atoms with Crippen LogP contribution in [0.5, 0.6) is 5.75 Å². The minimum absolute atomic E-state index is 0.0250. The summed E-state index contributed by atoms with van der Waals surface area (Å²) in [6, 6.07) is 0. The van der Waals surface area contributed by atoms with Gasteiger partial charge < -0.3 is 20.1 Å². The monoisotopic (exact) mass is 255 g/mol. The summed E-state index contributed by atoms with van der Waals surface area (Å²) in [5.41, 5.74) is -0.411. The van der Waals surface area contributed by atoms with Gasteiger partial charge in [-0.15, -0.1) is 0 Å². The Bertz CT molecular complexity index is 470. The summed E-state index contributed by atoms with van der Waals surface area (Å²) in [6.07, 6.45) is 1.23. The topological polar surface area (TPSA) is 104 Å². The van der Waals surface area contributed by atoms with Gasteiger partial charge in [0.15, 0.2) is 5.82 Å². The molecule has 0 aliphatic carbocycles. The van der Waals surface area contributed by atoms with E-state index in [0.717, 1.165) is 0 Å². The molecule has 7 nitrogen and oxygen atoms in total. The Morgan fingerprint density at radius 2 is 2.28 bits per heavy atom. The second-order valence-electron chi connectivity index (χ2n) is 4.18. The number of nitrogens with zero attached hydrogens (tertiary/aromatic N) is 1. The molecule has 0 amide bonds. The summed E-state index contributed by atoms with van der Waals surface area (Å²) in [4.78, 5) is 28.7. The Kier molecular flexibility index (Phi) is 4.70. The number of methoxy groups -OCH3 is 1. The van der Waals surface area contributed by atoms with Gasteiger partial charge in [0.1, 0.15) is 0 Å². The van der Waals surface area contributed by atoms with Crippen LogP contribution in [0.2, 0.25) is 0 Å². The number of carboxylic acid groups (broad SMARTS) is 1. The van der Waals surface area contributed by atoms with E-state index in [1.165, 1.54) is 13.4 Å². The second kappa shape index (κ2) is 6.04. The van der Waals surface area contributed by atoms with Crippen LogP contribution in [-0.4, -0.2) is 34.7 Å². The van der Waals surface area contributed by atoms with Crippen LogP contribution in [0.3, 0.4) is 0 Å². The number of aromatic nitrogens is 2. The van der Waals surface area contributed by atoms with Crippen LogP contribution in [0.15, 0.2) is 11.1 Å². The molecule has 3 N–H and O–H groups in total. The smallest absolute Gasteiger partial charge is 0.308 e. The molecule has 0 bridgehead atoms. The first-order chi connectivity index (χ1) is 8.47. The number of anilines is 1. The molecule has 1 heterocycles. The number of aliphatic carboxylic acids is 1. The molecule has 1 atom stereocenters. The number of nitrogens with one attached hydrogen (secondary N) is 2. The zero-order valence-corrected chi connectivity index (χ0v) is 10.6. The maximum atomic E-state index is 11.4. The van der Waals surface area contributed by atoms with Crippen molar-refractivity contribution in [3.63, 3.8) is 0 Å². The minimum Gasteiger partial charge on any atom is -0.489 e. The van der Waals surface area contributed by atoms with Crippen molar-refractivity contribution in [2.24, 2.45) is 11.8 Å². The SMILES string of the molecule is COc1c(NCC(C(=O)O)C(C)C)nc[nH]c1=O. The van der Waals surface area contributed by atoms with Crippen molar-refractivity contribution in [1.29, 1.82) is 0 Å². The predicted octanol–water partition coefficient (Wildman–Crippen LogP) is 0.547. The van der Waals surface area contributed by atoms with E-state index in [1.54, 1.807) is 0 Å². The van der Waals surface area contributed by atoms with Gasteiger partial charge in [-0.3, -0.25) is 9.59 Å². The molecule has 18 heavy (non-hydrogen) atoms. The van der Waals surface area contributed by atoms with Crippen molar-refractivity contribution in [2.75, 3.05) is 19.0 Å². The molecule has 0 saturated heterocycles. The highest BCUT2D eigenvalue weighted by molar-refractivity contribution is 5.71. The highest BCUT2D eigenvalue weighted by Crippen LogP contribution is 2.17. The van der Waals surface area contributed by atoms with Gasteiger partial charge >= 0.3 is 5.97 Å². The van der Waals surface area contributed by atoms with Gasteiger partial charge in [0.2, 0.25) is 5.75 Å². The molecule has 1 rings (SSSR count). The van der Waals surface area contributed by atoms with Crippen molar-refractivity contribution in [3.8, 4) is 5.75 Å². The highest BCUT2D eigenvalue weighted by Gasteiger charge is 2.22. The fourth-order valence-electron chi connectivity index (χ4n) is 1.52. The van der Waals surface area contributed by atoms with E-state index in [-0.39, 0.29) is 24.0 Å². The molecule has 0 radical (unpaired) electrons. The number of aromatic amines is 1. The summed E-state index contributed by atoms with van der Waals surface area (Å²) in [6.45, 7) is 3.83. The van der Waals surface area contributed by atoms with Crippen molar-refractivity contribution in [3.05, 3.63) is 16.7 Å². The third kappa shape index (κ3) is 3.22. The van der Waals surface area contributed by atoms with Gasteiger partial charge in [-0.1, -0.05) is 13.8 Å². The van der Waals surface area contributed by atoms with Gasteiger partial charge in [-0.2, -0.15) is 0 Å². The van der Waals surface area contributed by atoms with Gasteiger partial charge in [-0.25, -0.2) is 4.98 Å². The molecule has 0 fully saturated rings. The largest absolute Gasteiger partial charge is 0.489 e. The van der Waals surface area contributed by atoms with Crippen molar-refractivity contribution in [2.45, 2.75) is 13.8 Å². The lowest BCUT2D eigenvalue weighted by molar-refractivity contribution is -0.142. The minimum atomic E-state index is -0.888. The first-order valence-corrected chi connectivity index (χ1v) is 5.55. The first kappa shape index (κ1) is 14.0. The number of ether oxygens (including phenoxy) is 1. The quantitative estimate of drug-likeness (QED) is 0.685. The maximum Gasteiger partial charge on any atom is 0.308 e. The fourth-order valence-corrected chi connectivity index (χ4v) is 1.52. The van der Waals surface area contributed by atoms with Crippen LogP contribution >= 0.6 is 0 Å². The van der Waals surface area contributed by atoms with E-state index in [0.29, 0.717) is 0 Å². The molecule has 100 valence electrons. The average Bonchev–Trinajstić information content (AvgIpc) is 2.28. The lowest BCUT2D eigenvalue weighted by atomic mass is 9.96. The number of H-pyrrole nitrogens is 1. The molecule has 0 aliphatic rings. The first-order valence-electron chi connectivity index (χ1n) is 5.55. The average molecular weight is 255 g/mol. The lowest BCUT2D eigenvalue weighted by Crippen LogP contribution is -2.28. The van der Waals surface area contributed by atoms with Crippen LogP contribution in [-0.2, 0) is 4.79 Å². The molecule has 0 aromatic carbocycles. The Hall–Kier alpha value is -2.05. The van der Waals surface area contributed by atoms with E-state index in [2.05, 4.69) is 15.3 Å². The van der Waals surface area contributed by atoms with Crippen LogP contribution in [0.1, 0.15) is 13.8 Å². The molecule has 1 aromatic rings. The van der Waals surface area contributed by atoms with Crippen LogP contribution < -0.4 is 15.6 Å². The summed E-state index contributed by atoms with van der Waals surface area (Å²) in [5, 5.41) is 11.9. The summed E-state index contributed by atoms with van der Waals surface area (Å²) in [7, 11) is 1.36. The zero-order valence-electron chi connectivity index (χ0n) is 10.6. The Morgan fingerprint density at radius 3 is 2.78 bits per heavy atom. The molecular weight excluding hydrogens is 238 g/mol. The number of hydrogen-bond donors (Lipinski definition) is 3. The predicted molar refractivity (Wildman–Crippen MR) is 65.9 cm³/mol. The standard InChI is InChI=1S/C11H17N3O4/c1-6(2)7(11(16)17)4-12-9-8(18-3)10(15)14-5-13-9/h5-7H,4H2,1-3H3,(H,16,17)(H2,12,13,14,15). The number of carboxylic acids is 1. The van der Waals surface area contributed by atoms with Crippen molar-refractivity contribution in [1.82, 2.24) is 9.97 Å². The summed E-state index contributed by atoms with van der Waals surface area (Å²) < 4.78 is 4.91. The third-order valence-electron chi connectivity index (χ3n) is 2.63. The van der Waals surface area contributed by atoms with Gasteiger partial charge in [-0.05, 0) is 5.92 Å². The van der Waals surface area contributed by atoms with Crippen LogP contribution in [0.25, 0.3) is 0 Å². The molecule has 7 heteroatoms. The van der Waals surface area contributed by atoms with E-state index in [1.807, 2.05) is 13.8 Å². The normalized spacial score (nSPS) is 12.2. The number of hydrogen-bond acceptors (Lipinski definition) is 5. The molecule has 0 spiro atoms. The van der Waals surface area contributed by atoms with E-state index in [9.17, 15) is 9.59 Å². The Morgan fingerprint density at radius 1 is 1.61 bits per heavy atom. The number of carbonyl (C=O) groups is 1. The van der Waals surface area contributed by atoms with E-state index in [4.69, 9.17) is 9.84 Å². The lowest BCUT2D eigenvalue weighted by Gasteiger charge is -2.17. The number of rotatable bonds is 6. The second-order valence-corrected chi connectivity index (χ2v) is 4.18. The van der Waals surface area contributed by atoms with Gasteiger partial charge in [0.05, 0.1) is 19.4 Å². The maximum absolute atomic E-state index is 11.4. The zero-order chi connectivity index (χ0) is 13.7. The molecule has 1 aromatic heterocycles. The van der Waals surface area contributed by atoms with Crippen LogP contribution in [0, 0.1) is 11.8 Å². The Balaban J connectivity index is 2.83. The summed E-state index contributed by atoms with van der Waals surface area (Å²) in [5.74, 6) is -1.18. The van der Waals surface area contributed by atoms with Crippen molar-refractivity contribution >= 4 is 11.8 Å². The fraction of sp³-hybridized carbons (Fsp3) is 0.545.